The first-order valence-corrected chi connectivity index (χ1v) is 11.6. The molecule has 1 saturated heterocycles. The van der Waals surface area contributed by atoms with E-state index in [1.165, 1.54) is 0 Å². The van der Waals surface area contributed by atoms with E-state index in [4.69, 9.17) is 27.7 Å². The molecule has 4 aromatic rings. The zero-order valence-corrected chi connectivity index (χ0v) is 19.3. The summed E-state index contributed by atoms with van der Waals surface area (Å²) < 4.78 is 5.45. The zero-order valence-electron chi connectivity index (χ0n) is 17.8. The van der Waals surface area contributed by atoms with E-state index in [0.717, 1.165) is 35.8 Å². The third-order valence-electron chi connectivity index (χ3n) is 5.92. The lowest BCUT2D eigenvalue weighted by Crippen LogP contribution is -2.40. The lowest BCUT2D eigenvalue weighted by atomic mass is 9.96. The molecule has 0 radical (unpaired) electrons. The van der Waals surface area contributed by atoms with E-state index >= 15 is 0 Å². The fraction of sp³-hybridized carbons (Fsp3) is 0.240. The van der Waals surface area contributed by atoms with Crippen LogP contribution in [0.15, 0.2) is 65.2 Å². The smallest absolute Gasteiger partial charge is 0.241 e. The van der Waals surface area contributed by atoms with Crippen LogP contribution < -0.4 is 5.32 Å². The Morgan fingerprint density at radius 2 is 1.97 bits per heavy atom. The van der Waals surface area contributed by atoms with Crippen molar-refractivity contribution in [1.82, 2.24) is 15.0 Å². The summed E-state index contributed by atoms with van der Waals surface area (Å²) in [6.07, 6.45) is 1.78. The molecule has 1 fully saturated rings. The van der Waals surface area contributed by atoms with Gasteiger partial charge in [0.1, 0.15) is 0 Å². The van der Waals surface area contributed by atoms with Gasteiger partial charge in [0.2, 0.25) is 17.6 Å². The van der Waals surface area contributed by atoms with Gasteiger partial charge in [0, 0.05) is 28.2 Å². The summed E-state index contributed by atoms with van der Waals surface area (Å²) in [4.78, 5) is 19.7. The molecule has 0 bridgehead atoms. The van der Waals surface area contributed by atoms with Gasteiger partial charge in [-0.2, -0.15) is 4.98 Å². The van der Waals surface area contributed by atoms with Crippen LogP contribution in [0.3, 0.4) is 0 Å². The second kappa shape index (κ2) is 9.51. The number of hydrogen-bond donors (Lipinski definition) is 1. The lowest BCUT2D eigenvalue weighted by molar-refractivity contribution is -0.121. The highest BCUT2D eigenvalue weighted by molar-refractivity contribution is 6.36. The van der Waals surface area contributed by atoms with Crippen molar-refractivity contribution in [2.75, 3.05) is 18.4 Å². The minimum Gasteiger partial charge on any atom is -0.338 e. The average molecular weight is 481 g/mol. The van der Waals surface area contributed by atoms with Crippen molar-refractivity contribution < 1.29 is 9.32 Å². The van der Waals surface area contributed by atoms with Crippen molar-refractivity contribution in [2.45, 2.75) is 19.4 Å². The molecular formula is C25H22Cl2N4O2. The second-order valence-electron chi connectivity index (χ2n) is 8.23. The van der Waals surface area contributed by atoms with E-state index < -0.39 is 0 Å². The number of rotatable bonds is 5. The molecule has 5 rings (SSSR count). The largest absolute Gasteiger partial charge is 0.338 e. The van der Waals surface area contributed by atoms with E-state index in [9.17, 15) is 4.79 Å². The van der Waals surface area contributed by atoms with E-state index in [-0.39, 0.29) is 11.8 Å². The monoisotopic (exact) mass is 480 g/mol. The summed E-state index contributed by atoms with van der Waals surface area (Å²) in [7, 11) is 0. The topological polar surface area (TPSA) is 71.3 Å². The molecule has 33 heavy (non-hydrogen) atoms. The van der Waals surface area contributed by atoms with Crippen molar-refractivity contribution in [2.24, 2.45) is 5.92 Å². The van der Waals surface area contributed by atoms with Crippen molar-refractivity contribution in [3.8, 4) is 11.4 Å². The molecule has 1 aliphatic rings. The molecule has 0 spiro atoms. The van der Waals surface area contributed by atoms with Gasteiger partial charge in [-0.3, -0.25) is 9.69 Å². The molecule has 0 saturated carbocycles. The van der Waals surface area contributed by atoms with Crippen molar-refractivity contribution in [3.05, 3.63) is 76.6 Å². The van der Waals surface area contributed by atoms with Crippen molar-refractivity contribution >= 4 is 45.6 Å². The second-order valence-corrected chi connectivity index (χ2v) is 9.07. The van der Waals surface area contributed by atoms with Crippen LogP contribution in [-0.4, -0.2) is 34.0 Å². The van der Waals surface area contributed by atoms with Gasteiger partial charge in [-0.25, -0.2) is 0 Å². The summed E-state index contributed by atoms with van der Waals surface area (Å²) in [5, 5.41) is 10.4. The summed E-state index contributed by atoms with van der Waals surface area (Å²) in [6.45, 7) is 1.99. The minimum absolute atomic E-state index is 0.0372. The third-order valence-corrected chi connectivity index (χ3v) is 6.47. The van der Waals surface area contributed by atoms with Gasteiger partial charge >= 0.3 is 0 Å². The first kappa shape index (κ1) is 21.9. The number of nitrogens with zero attached hydrogens (tertiary/aromatic N) is 3. The highest BCUT2D eigenvalue weighted by Crippen LogP contribution is 2.29. The highest BCUT2D eigenvalue weighted by atomic mass is 35.5. The third kappa shape index (κ3) is 4.88. The molecule has 1 aliphatic heterocycles. The van der Waals surface area contributed by atoms with Gasteiger partial charge < -0.3 is 9.84 Å². The maximum atomic E-state index is 13.0. The van der Waals surface area contributed by atoms with E-state index in [0.29, 0.717) is 40.4 Å². The Kier molecular flexibility index (Phi) is 6.31. The van der Waals surface area contributed by atoms with Crippen LogP contribution in [0.5, 0.6) is 0 Å². The number of benzene rings is 3. The predicted molar refractivity (Wildman–Crippen MR) is 130 cm³/mol. The van der Waals surface area contributed by atoms with Gasteiger partial charge in [-0.05, 0) is 49.0 Å². The molecule has 8 heteroatoms. The normalized spacial score (nSPS) is 16.7. The van der Waals surface area contributed by atoms with Crippen LogP contribution in [0.2, 0.25) is 10.0 Å². The standard InChI is InChI=1S/C25H22Cl2N4O2/c26-18-10-11-20(21(27)13-18)24-29-23(33-30-24)15-31-12-4-7-17(14-31)25(32)28-22-9-3-6-16-5-1-2-8-19(16)22/h1-3,5-6,8-11,13,17H,4,7,12,14-15H2,(H,28,32). The van der Waals surface area contributed by atoms with Crippen LogP contribution in [0.4, 0.5) is 5.69 Å². The summed E-state index contributed by atoms with van der Waals surface area (Å²) in [5.41, 5.74) is 1.51. The van der Waals surface area contributed by atoms with Gasteiger partial charge in [0.25, 0.3) is 0 Å². The number of carbonyl (C=O) groups excluding carboxylic acids is 1. The molecule has 2 heterocycles. The number of nitrogens with one attached hydrogen (secondary N) is 1. The predicted octanol–water partition coefficient (Wildman–Crippen LogP) is 6.05. The number of aromatic nitrogens is 2. The van der Waals surface area contributed by atoms with Crippen LogP contribution >= 0.6 is 23.2 Å². The zero-order chi connectivity index (χ0) is 22.8. The number of likely N-dealkylation sites (tertiary alicyclic amines) is 1. The SMILES string of the molecule is O=C(Nc1cccc2ccccc12)C1CCCN(Cc2nc(-c3ccc(Cl)cc3Cl)no2)C1. The molecular weight excluding hydrogens is 459 g/mol. The first-order chi connectivity index (χ1) is 16.1. The number of fused-ring (bicyclic) bond motifs is 1. The van der Waals surface area contributed by atoms with E-state index in [1.54, 1.807) is 18.2 Å². The summed E-state index contributed by atoms with van der Waals surface area (Å²) >= 11 is 12.2. The molecule has 1 aromatic heterocycles. The molecule has 3 aromatic carbocycles. The molecule has 168 valence electrons. The quantitative estimate of drug-likeness (QED) is 0.376. The van der Waals surface area contributed by atoms with Crippen LogP contribution in [0.1, 0.15) is 18.7 Å². The number of amides is 1. The average Bonchev–Trinajstić information content (AvgIpc) is 3.27. The van der Waals surface area contributed by atoms with Gasteiger partial charge in [0.05, 0.1) is 17.5 Å². The number of hydrogen-bond acceptors (Lipinski definition) is 5. The van der Waals surface area contributed by atoms with Crippen molar-refractivity contribution in [3.63, 3.8) is 0 Å². The summed E-state index contributed by atoms with van der Waals surface area (Å²) in [6, 6.07) is 19.2. The Labute approximate surface area is 201 Å². The highest BCUT2D eigenvalue weighted by Gasteiger charge is 2.27. The number of carbonyl (C=O) groups is 1. The molecule has 0 aliphatic carbocycles. The molecule has 1 amide bonds. The Morgan fingerprint density at radius 1 is 1.12 bits per heavy atom. The molecule has 1 unspecified atom stereocenters. The molecule has 6 nitrogen and oxygen atoms in total. The summed E-state index contributed by atoms with van der Waals surface area (Å²) in [5.74, 6) is 0.848. The number of anilines is 1. The Bertz CT molecular complexity index is 1300. The Hall–Kier alpha value is -2.93. The van der Waals surface area contributed by atoms with E-state index in [2.05, 4.69) is 20.4 Å². The maximum absolute atomic E-state index is 13.0. The van der Waals surface area contributed by atoms with E-state index in [1.807, 2.05) is 42.5 Å². The van der Waals surface area contributed by atoms with Crippen LogP contribution in [-0.2, 0) is 11.3 Å². The fourth-order valence-corrected chi connectivity index (χ4v) is 4.77. The maximum Gasteiger partial charge on any atom is 0.241 e. The fourth-order valence-electron chi connectivity index (χ4n) is 4.27. The number of halogens is 2. The van der Waals surface area contributed by atoms with Gasteiger partial charge in [-0.1, -0.05) is 64.8 Å². The molecule has 1 N–H and O–H groups in total. The number of piperidine rings is 1. The van der Waals surface area contributed by atoms with Gasteiger partial charge in [0.15, 0.2) is 0 Å². The van der Waals surface area contributed by atoms with Gasteiger partial charge in [-0.15, -0.1) is 0 Å². The first-order valence-electron chi connectivity index (χ1n) is 10.9. The lowest BCUT2D eigenvalue weighted by Gasteiger charge is -2.31. The Morgan fingerprint density at radius 3 is 2.85 bits per heavy atom. The van der Waals surface area contributed by atoms with Crippen LogP contribution in [0, 0.1) is 5.92 Å². The Balaban J connectivity index is 1.25. The minimum atomic E-state index is -0.106. The van der Waals surface area contributed by atoms with Crippen molar-refractivity contribution in [1.29, 1.82) is 0 Å². The van der Waals surface area contributed by atoms with Crippen LogP contribution in [0.25, 0.3) is 22.2 Å². The molecule has 1 atom stereocenters.